The Morgan fingerprint density at radius 3 is 1.73 bits per heavy atom. The quantitative estimate of drug-likeness (QED) is 0.0827. The van der Waals surface area contributed by atoms with E-state index in [1.54, 1.807) is 6.26 Å². The molecule has 0 fully saturated rings. The van der Waals surface area contributed by atoms with E-state index in [2.05, 4.69) is 22.9 Å². The average Bonchev–Trinajstić information content (AvgIpc) is 2.91. The van der Waals surface area contributed by atoms with Crippen LogP contribution >= 0.6 is 11.8 Å². The van der Waals surface area contributed by atoms with E-state index in [0.29, 0.717) is 19.4 Å². The monoisotopic (exact) mass is 585 g/mol. The third kappa shape index (κ3) is 23.1. The Morgan fingerprint density at radius 1 is 0.675 bits per heavy atom. The molecule has 0 aromatic heterocycles. The van der Waals surface area contributed by atoms with Crippen LogP contribution in [0.1, 0.15) is 143 Å². The fourth-order valence-corrected chi connectivity index (χ4v) is 5.18. The number of carboxylic acids is 1. The van der Waals surface area contributed by atoms with E-state index >= 15 is 0 Å². The predicted molar refractivity (Wildman–Crippen MR) is 167 cm³/mol. The van der Waals surface area contributed by atoms with Crippen molar-refractivity contribution >= 4 is 34.7 Å². The second kappa shape index (κ2) is 26.3. The number of thioether (sulfide) groups is 1. The first kappa shape index (κ1) is 38.4. The lowest BCUT2D eigenvalue weighted by Crippen LogP contribution is -2.41. The zero-order valence-electron chi connectivity index (χ0n) is 25.9. The number of hydrogen-bond donors (Lipinski definition) is 4. The second-order valence-corrected chi connectivity index (χ2v) is 12.0. The molecule has 0 aliphatic heterocycles. The van der Waals surface area contributed by atoms with Gasteiger partial charge in [-0.1, -0.05) is 110 Å². The van der Waals surface area contributed by atoms with E-state index in [-0.39, 0.29) is 41.9 Å². The van der Waals surface area contributed by atoms with E-state index in [1.165, 1.54) is 76.0 Å². The van der Waals surface area contributed by atoms with Crippen molar-refractivity contribution in [3.8, 4) is 0 Å². The Bertz CT molecular complexity index is 690. The molecule has 0 unspecified atom stereocenters. The molecule has 8 nitrogen and oxygen atoms in total. The maximum Gasteiger partial charge on any atom is 0.326 e. The van der Waals surface area contributed by atoms with Gasteiger partial charge < -0.3 is 21.1 Å². The highest BCUT2D eigenvalue weighted by molar-refractivity contribution is 8.13. The van der Waals surface area contributed by atoms with Crippen LogP contribution < -0.4 is 16.0 Å². The van der Waals surface area contributed by atoms with Gasteiger partial charge in [-0.2, -0.15) is 0 Å². The normalized spacial score (nSPS) is 12.7. The molecule has 0 aliphatic carbocycles. The Balaban J connectivity index is 3.93. The summed E-state index contributed by atoms with van der Waals surface area (Å²) in [6.07, 6.45) is 20.4. The Kier molecular flexibility index (Phi) is 25.2. The third-order valence-corrected chi connectivity index (χ3v) is 7.75. The van der Waals surface area contributed by atoms with Gasteiger partial charge >= 0.3 is 5.97 Å². The predicted octanol–water partition coefficient (Wildman–Crippen LogP) is 6.36. The van der Waals surface area contributed by atoms with Crippen molar-refractivity contribution < 1.29 is 24.3 Å². The number of nitrogens with one attached hydrogen (secondary N) is 3. The number of carboxylic acid groups (broad SMARTS) is 1. The van der Waals surface area contributed by atoms with Gasteiger partial charge in [0.15, 0.2) is 0 Å². The minimum atomic E-state index is -1.12. The maximum atomic E-state index is 12.2. The molecule has 0 aromatic rings. The largest absolute Gasteiger partial charge is 0.480 e. The summed E-state index contributed by atoms with van der Waals surface area (Å²) >= 11 is 1.22. The van der Waals surface area contributed by atoms with Crippen LogP contribution in [0.3, 0.4) is 0 Å². The van der Waals surface area contributed by atoms with E-state index < -0.39 is 12.0 Å². The topological polar surface area (TPSA) is 125 Å². The Hall–Kier alpha value is -1.61. The highest BCUT2D eigenvalue weighted by Crippen LogP contribution is 2.13. The number of unbranched alkanes of at least 4 members (excludes halogenated alkanes) is 13. The lowest BCUT2D eigenvalue weighted by molar-refractivity contribution is -0.142. The summed E-state index contributed by atoms with van der Waals surface area (Å²) < 4.78 is 0. The first-order valence-electron chi connectivity index (χ1n) is 15.8. The van der Waals surface area contributed by atoms with Crippen LogP contribution in [0.5, 0.6) is 0 Å². The number of rotatable bonds is 27. The SMILES string of the molecule is CCCCCCCCCCCCCCCC(=O)N[C@@H](CCC(=O)NCCCC[C@H](NC(C)C)C(=O)SC)C(=O)O. The summed E-state index contributed by atoms with van der Waals surface area (Å²) in [4.78, 5) is 48.0. The van der Waals surface area contributed by atoms with Crippen LogP contribution in [-0.2, 0) is 19.2 Å². The van der Waals surface area contributed by atoms with Crippen LogP contribution in [0.4, 0.5) is 0 Å². The molecule has 2 amide bonds. The molecular weight excluding hydrogens is 526 g/mol. The zero-order valence-corrected chi connectivity index (χ0v) is 26.7. The molecule has 0 bridgehead atoms. The van der Waals surface area contributed by atoms with Crippen molar-refractivity contribution in [1.29, 1.82) is 0 Å². The molecule has 4 N–H and O–H groups in total. The molecule has 0 rings (SSSR count). The highest BCUT2D eigenvalue weighted by atomic mass is 32.2. The first-order valence-corrected chi connectivity index (χ1v) is 17.1. The summed E-state index contributed by atoms with van der Waals surface area (Å²) in [5.74, 6) is -1.61. The fraction of sp³-hybridized carbons (Fsp3) is 0.871. The van der Waals surface area contributed by atoms with Crippen molar-refractivity contribution in [1.82, 2.24) is 16.0 Å². The maximum absolute atomic E-state index is 12.2. The molecule has 0 saturated carbocycles. The van der Waals surface area contributed by atoms with Gasteiger partial charge in [0.1, 0.15) is 6.04 Å². The number of carbonyl (C=O) groups excluding carboxylic acids is 3. The van der Waals surface area contributed by atoms with Crippen molar-refractivity contribution in [3.05, 3.63) is 0 Å². The van der Waals surface area contributed by atoms with Gasteiger partial charge in [0.2, 0.25) is 16.9 Å². The van der Waals surface area contributed by atoms with E-state index in [0.717, 1.165) is 32.1 Å². The smallest absolute Gasteiger partial charge is 0.326 e. The van der Waals surface area contributed by atoms with E-state index in [4.69, 9.17) is 0 Å². The van der Waals surface area contributed by atoms with Gasteiger partial charge in [0, 0.05) is 25.4 Å². The Labute approximate surface area is 248 Å². The molecule has 9 heteroatoms. The van der Waals surface area contributed by atoms with E-state index in [1.807, 2.05) is 13.8 Å². The molecule has 0 aromatic carbocycles. The average molecular weight is 586 g/mol. The minimum Gasteiger partial charge on any atom is -0.480 e. The van der Waals surface area contributed by atoms with Gasteiger partial charge in [0.25, 0.3) is 0 Å². The number of amides is 2. The molecule has 234 valence electrons. The van der Waals surface area contributed by atoms with Gasteiger partial charge in [-0.25, -0.2) is 4.79 Å². The fourth-order valence-electron chi connectivity index (χ4n) is 4.71. The molecule has 0 radical (unpaired) electrons. The first-order chi connectivity index (χ1) is 19.2. The molecule has 0 heterocycles. The van der Waals surface area contributed by atoms with Crippen molar-refractivity contribution in [3.63, 3.8) is 0 Å². The van der Waals surface area contributed by atoms with Crippen LogP contribution in [0.2, 0.25) is 0 Å². The number of carbonyl (C=O) groups is 4. The van der Waals surface area contributed by atoms with Crippen LogP contribution in [0.15, 0.2) is 0 Å². The van der Waals surface area contributed by atoms with Crippen molar-refractivity contribution in [2.24, 2.45) is 0 Å². The zero-order chi connectivity index (χ0) is 30.0. The lowest BCUT2D eigenvalue weighted by Gasteiger charge is -2.19. The second-order valence-electron chi connectivity index (χ2n) is 11.2. The van der Waals surface area contributed by atoms with E-state index in [9.17, 15) is 24.3 Å². The van der Waals surface area contributed by atoms with Crippen molar-refractivity contribution in [2.75, 3.05) is 12.8 Å². The molecule has 0 spiro atoms. The summed E-state index contributed by atoms with van der Waals surface area (Å²) in [6, 6.07) is -1.02. The molecule has 2 atom stereocenters. The summed E-state index contributed by atoms with van der Waals surface area (Å²) in [5, 5.41) is 18.2. The summed E-state index contributed by atoms with van der Waals surface area (Å²) in [6.45, 7) is 6.74. The van der Waals surface area contributed by atoms with Gasteiger partial charge in [-0.15, -0.1) is 0 Å². The lowest BCUT2D eigenvalue weighted by atomic mass is 10.0. The standard InChI is InChI=1S/C31H59N3O5S/c1-5-6-7-8-9-10-11-12-13-14-15-16-17-21-29(36)34-26(30(37)38)22-23-28(35)32-24-19-18-20-27(31(39)40-4)33-25(2)3/h25-27,33H,5-24H2,1-4H3,(H,32,35)(H,34,36)(H,37,38)/t26-,27-/m0/s1. The van der Waals surface area contributed by atoms with Crippen molar-refractivity contribution in [2.45, 2.75) is 161 Å². The third-order valence-electron chi connectivity index (χ3n) is 7.06. The van der Waals surface area contributed by atoms with Crippen LogP contribution in [-0.4, -0.2) is 58.9 Å². The summed E-state index contributed by atoms with van der Waals surface area (Å²) in [7, 11) is 0. The number of aliphatic carboxylic acids is 1. The minimum absolute atomic E-state index is 0.0402. The van der Waals surface area contributed by atoms with Crippen LogP contribution in [0, 0.1) is 0 Å². The summed E-state index contributed by atoms with van der Waals surface area (Å²) in [5.41, 5.74) is 0. The Morgan fingerprint density at radius 2 is 1.23 bits per heavy atom. The highest BCUT2D eigenvalue weighted by Gasteiger charge is 2.21. The molecular formula is C31H59N3O5S. The van der Waals surface area contributed by atoms with Gasteiger partial charge in [0.05, 0.1) is 6.04 Å². The molecule has 40 heavy (non-hydrogen) atoms. The van der Waals surface area contributed by atoms with Gasteiger partial charge in [-0.3, -0.25) is 14.4 Å². The molecule has 0 aliphatic rings. The van der Waals surface area contributed by atoms with Gasteiger partial charge in [-0.05, 0) is 38.4 Å². The van der Waals surface area contributed by atoms with Crippen LogP contribution in [0.25, 0.3) is 0 Å². The number of hydrogen-bond acceptors (Lipinski definition) is 6. The molecule has 0 saturated heterocycles.